The zero-order chi connectivity index (χ0) is 11.8. The van der Waals surface area contributed by atoms with E-state index in [1.54, 1.807) is 0 Å². The summed E-state index contributed by atoms with van der Waals surface area (Å²) < 4.78 is 2.24. The van der Waals surface area contributed by atoms with Gasteiger partial charge in [-0.3, -0.25) is 0 Å². The van der Waals surface area contributed by atoms with Crippen molar-refractivity contribution < 1.29 is 0 Å². The van der Waals surface area contributed by atoms with Gasteiger partial charge < -0.3 is 4.57 Å². The zero-order valence-corrected chi connectivity index (χ0v) is 10.3. The molecular formula is C15H12ClN. The minimum absolute atomic E-state index is 0.780. The maximum atomic E-state index is 6.02. The SMILES string of the molecule is Cc1cc2cc(Cl)ccc2n1-c1ccccc1. The second-order valence-corrected chi connectivity index (χ2v) is 4.60. The van der Waals surface area contributed by atoms with Crippen LogP contribution in [-0.2, 0) is 0 Å². The van der Waals surface area contributed by atoms with Crippen molar-refractivity contribution >= 4 is 22.5 Å². The van der Waals surface area contributed by atoms with Crippen molar-refractivity contribution in [3.8, 4) is 5.69 Å². The molecule has 0 bridgehead atoms. The minimum atomic E-state index is 0.780. The highest BCUT2D eigenvalue weighted by Gasteiger charge is 2.07. The van der Waals surface area contributed by atoms with Crippen molar-refractivity contribution in [2.75, 3.05) is 0 Å². The van der Waals surface area contributed by atoms with E-state index in [1.807, 2.05) is 18.2 Å². The molecule has 2 heteroatoms. The third kappa shape index (κ3) is 1.73. The van der Waals surface area contributed by atoms with Gasteiger partial charge in [0.15, 0.2) is 0 Å². The summed E-state index contributed by atoms with van der Waals surface area (Å²) in [6.07, 6.45) is 0. The summed E-state index contributed by atoms with van der Waals surface area (Å²) in [6.45, 7) is 2.11. The highest BCUT2D eigenvalue weighted by molar-refractivity contribution is 6.31. The Morgan fingerprint density at radius 1 is 0.941 bits per heavy atom. The molecule has 0 saturated carbocycles. The van der Waals surface area contributed by atoms with Crippen LogP contribution in [0.1, 0.15) is 5.69 Å². The van der Waals surface area contributed by atoms with Gasteiger partial charge in [0.2, 0.25) is 0 Å². The first-order chi connectivity index (χ1) is 8.25. The van der Waals surface area contributed by atoms with Gasteiger partial charge in [-0.05, 0) is 43.3 Å². The first-order valence-electron chi connectivity index (χ1n) is 5.59. The van der Waals surface area contributed by atoms with Crippen LogP contribution in [0.2, 0.25) is 5.02 Å². The van der Waals surface area contributed by atoms with Crippen molar-refractivity contribution in [1.29, 1.82) is 0 Å². The van der Waals surface area contributed by atoms with Crippen LogP contribution in [0, 0.1) is 6.92 Å². The normalized spacial score (nSPS) is 10.9. The summed E-state index contributed by atoms with van der Waals surface area (Å²) in [4.78, 5) is 0. The molecule has 3 aromatic rings. The van der Waals surface area contributed by atoms with Gasteiger partial charge >= 0.3 is 0 Å². The Labute approximate surface area is 105 Å². The number of benzene rings is 2. The van der Waals surface area contributed by atoms with Crippen LogP contribution < -0.4 is 0 Å². The fraction of sp³-hybridized carbons (Fsp3) is 0.0667. The average molecular weight is 242 g/mol. The standard InChI is InChI=1S/C15H12ClN/c1-11-9-12-10-13(16)7-8-15(12)17(11)14-5-3-2-4-6-14/h2-10H,1H3. The van der Waals surface area contributed by atoms with Crippen molar-refractivity contribution in [2.24, 2.45) is 0 Å². The molecule has 1 aromatic heterocycles. The maximum Gasteiger partial charge on any atom is 0.0532 e. The van der Waals surface area contributed by atoms with E-state index in [9.17, 15) is 0 Å². The van der Waals surface area contributed by atoms with E-state index in [-0.39, 0.29) is 0 Å². The van der Waals surface area contributed by atoms with E-state index in [0.29, 0.717) is 0 Å². The van der Waals surface area contributed by atoms with Crippen molar-refractivity contribution in [1.82, 2.24) is 4.57 Å². The van der Waals surface area contributed by atoms with Gasteiger partial charge in [0.1, 0.15) is 0 Å². The predicted octanol–water partition coefficient (Wildman–Crippen LogP) is 4.59. The van der Waals surface area contributed by atoms with Gasteiger partial charge in [-0.2, -0.15) is 0 Å². The first-order valence-corrected chi connectivity index (χ1v) is 5.96. The topological polar surface area (TPSA) is 4.93 Å². The molecule has 3 rings (SSSR count). The number of hydrogen-bond donors (Lipinski definition) is 0. The molecule has 0 unspecified atom stereocenters. The number of fused-ring (bicyclic) bond motifs is 1. The van der Waals surface area contributed by atoms with Gasteiger partial charge in [0, 0.05) is 21.8 Å². The molecule has 0 radical (unpaired) electrons. The molecule has 17 heavy (non-hydrogen) atoms. The number of para-hydroxylation sites is 1. The predicted molar refractivity (Wildman–Crippen MR) is 73.0 cm³/mol. The van der Waals surface area contributed by atoms with Crippen LogP contribution in [0.15, 0.2) is 54.6 Å². The van der Waals surface area contributed by atoms with Gasteiger partial charge in [-0.15, -0.1) is 0 Å². The Morgan fingerprint density at radius 2 is 1.71 bits per heavy atom. The monoisotopic (exact) mass is 241 g/mol. The average Bonchev–Trinajstić information content (AvgIpc) is 2.65. The molecule has 0 fully saturated rings. The number of aromatic nitrogens is 1. The molecule has 2 aromatic carbocycles. The molecule has 0 N–H and O–H groups in total. The van der Waals surface area contributed by atoms with Gasteiger partial charge in [0.05, 0.1) is 5.52 Å². The molecule has 0 aliphatic heterocycles. The number of halogens is 1. The van der Waals surface area contributed by atoms with Crippen molar-refractivity contribution in [3.63, 3.8) is 0 Å². The van der Waals surface area contributed by atoms with E-state index in [2.05, 4.69) is 47.9 Å². The van der Waals surface area contributed by atoms with Gasteiger partial charge in [-0.1, -0.05) is 29.8 Å². The number of aryl methyl sites for hydroxylation is 1. The molecule has 0 amide bonds. The van der Waals surface area contributed by atoms with Crippen LogP contribution in [0.3, 0.4) is 0 Å². The Bertz CT molecular complexity index is 668. The number of hydrogen-bond acceptors (Lipinski definition) is 0. The molecule has 0 saturated heterocycles. The third-order valence-corrected chi connectivity index (χ3v) is 3.20. The van der Waals surface area contributed by atoms with Gasteiger partial charge in [-0.25, -0.2) is 0 Å². The van der Waals surface area contributed by atoms with E-state index in [0.717, 1.165) is 5.02 Å². The fourth-order valence-corrected chi connectivity index (χ4v) is 2.42. The summed E-state index contributed by atoms with van der Waals surface area (Å²) in [5.41, 5.74) is 3.59. The number of rotatable bonds is 1. The van der Waals surface area contributed by atoms with Crippen LogP contribution in [0.5, 0.6) is 0 Å². The summed E-state index contributed by atoms with van der Waals surface area (Å²) in [5.74, 6) is 0. The van der Waals surface area contributed by atoms with Crippen LogP contribution in [0.4, 0.5) is 0 Å². The minimum Gasteiger partial charge on any atom is -0.314 e. The molecule has 1 heterocycles. The molecule has 0 aliphatic rings. The number of nitrogens with zero attached hydrogens (tertiary/aromatic N) is 1. The highest BCUT2D eigenvalue weighted by Crippen LogP contribution is 2.26. The molecule has 0 atom stereocenters. The Morgan fingerprint density at radius 3 is 2.47 bits per heavy atom. The Kier molecular flexibility index (Phi) is 2.41. The largest absolute Gasteiger partial charge is 0.314 e. The van der Waals surface area contributed by atoms with Crippen molar-refractivity contribution in [2.45, 2.75) is 6.92 Å². The van der Waals surface area contributed by atoms with Crippen molar-refractivity contribution in [3.05, 3.63) is 65.3 Å². The summed E-state index contributed by atoms with van der Waals surface area (Å²) in [6, 6.07) is 18.5. The smallest absolute Gasteiger partial charge is 0.0532 e. The van der Waals surface area contributed by atoms with E-state index in [1.165, 1.54) is 22.3 Å². The fourth-order valence-electron chi connectivity index (χ4n) is 2.24. The summed E-state index contributed by atoms with van der Waals surface area (Å²) in [7, 11) is 0. The lowest BCUT2D eigenvalue weighted by molar-refractivity contribution is 1.05. The third-order valence-electron chi connectivity index (χ3n) is 2.96. The lowest BCUT2D eigenvalue weighted by atomic mass is 10.2. The van der Waals surface area contributed by atoms with Gasteiger partial charge in [0.25, 0.3) is 0 Å². The van der Waals surface area contributed by atoms with Crippen LogP contribution in [-0.4, -0.2) is 4.57 Å². The second-order valence-electron chi connectivity index (χ2n) is 4.16. The first kappa shape index (κ1) is 10.4. The molecule has 84 valence electrons. The van der Waals surface area contributed by atoms with E-state index in [4.69, 9.17) is 11.6 Å². The van der Waals surface area contributed by atoms with E-state index >= 15 is 0 Å². The Balaban J connectivity index is 2.33. The summed E-state index contributed by atoms with van der Waals surface area (Å²) >= 11 is 6.02. The second kappa shape index (κ2) is 3.94. The molecule has 1 nitrogen and oxygen atoms in total. The van der Waals surface area contributed by atoms with Crippen LogP contribution in [0.25, 0.3) is 16.6 Å². The maximum absolute atomic E-state index is 6.02. The molecular weight excluding hydrogens is 230 g/mol. The zero-order valence-electron chi connectivity index (χ0n) is 9.52. The summed E-state index contributed by atoms with van der Waals surface area (Å²) in [5, 5.41) is 1.96. The quantitative estimate of drug-likeness (QED) is 0.587. The lowest BCUT2D eigenvalue weighted by Gasteiger charge is -2.07. The lowest BCUT2D eigenvalue weighted by Crippen LogP contribution is -1.95. The van der Waals surface area contributed by atoms with E-state index < -0.39 is 0 Å². The molecule has 0 aliphatic carbocycles. The highest BCUT2D eigenvalue weighted by atomic mass is 35.5. The molecule has 0 spiro atoms. The van der Waals surface area contributed by atoms with Crippen LogP contribution >= 0.6 is 11.6 Å². The Hall–Kier alpha value is -1.73.